The van der Waals surface area contributed by atoms with Gasteiger partial charge in [0.15, 0.2) is 0 Å². The van der Waals surface area contributed by atoms with Crippen molar-refractivity contribution in [1.82, 2.24) is 14.3 Å². The highest BCUT2D eigenvalue weighted by molar-refractivity contribution is 5.32. The van der Waals surface area contributed by atoms with Gasteiger partial charge < -0.3 is 0 Å². The van der Waals surface area contributed by atoms with E-state index in [0.29, 0.717) is 0 Å². The fourth-order valence-corrected chi connectivity index (χ4v) is 1.69. The van der Waals surface area contributed by atoms with Crippen LogP contribution in [-0.2, 0) is 0 Å². The normalized spacial score (nSPS) is 11.0. The highest BCUT2D eigenvalue weighted by Crippen LogP contribution is 2.05. The molecule has 99 valence electrons. The van der Waals surface area contributed by atoms with Gasteiger partial charge >= 0.3 is 5.69 Å². The van der Waals surface area contributed by atoms with E-state index in [9.17, 15) is 14.0 Å². The van der Waals surface area contributed by atoms with Crippen molar-refractivity contribution in [2.45, 2.75) is 19.9 Å². The van der Waals surface area contributed by atoms with Crippen LogP contribution in [0.5, 0.6) is 0 Å². The molecule has 1 aromatic heterocycles. The second-order valence-corrected chi connectivity index (χ2v) is 4.38. The molecule has 0 aliphatic carbocycles. The molecule has 19 heavy (non-hydrogen) atoms. The van der Waals surface area contributed by atoms with Crippen LogP contribution in [0.3, 0.4) is 0 Å². The zero-order valence-corrected chi connectivity index (χ0v) is 10.6. The van der Waals surface area contributed by atoms with Crippen LogP contribution in [0, 0.1) is 12.7 Å². The first-order valence-corrected chi connectivity index (χ1v) is 5.75. The first-order chi connectivity index (χ1) is 8.91. The molecule has 5 nitrogen and oxygen atoms in total. The first-order valence-electron chi connectivity index (χ1n) is 5.75. The monoisotopic (exact) mass is 262 g/mol. The Bertz CT molecular complexity index is 714. The van der Waals surface area contributed by atoms with Gasteiger partial charge in [0.1, 0.15) is 11.5 Å². The van der Waals surface area contributed by atoms with Crippen LogP contribution < -0.4 is 11.2 Å². The Morgan fingerprint density at radius 2 is 1.79 bits per heavy atom. The predicted octanol–water partition coefficient (Wildman–Crippen LogP) is 1.30. The molecule has 0 saturated heterocycles. The average molecular weight is 262 g/mol. The minimum absolute atomic E-state index is 0.0300. The van der Waals surface area contributed by atoms with Gasteiger partial charge in [-0.3, -0.25) is 4.79 Å². The van der Waals surface area contributed by atoms with Crippen LogP contribution in [0.4, 0.5) is 4.39 Å². The zero-order valence-electron chi connectivity index (χ0n) is 10.6. The summed E-state index contributed by atoms with van der Waals surface area (Å²) in [6.45, 7) is 7.07. The molecular formula is C13H13FN3O2. The van der Waals surface area contributed by atoms with E-state index in [4.69, 9.17) is 0 Å². The Labute approximate surface area is 108 Å². The van der Waals surface area contributed by atoms with E-state index in [0.717, 1.165) is 4.57 Å². The second-order valence-electron chi connectivity index (χ2n) is 4.38. The predicted molar refractivity (Wildman–Crippen MR) is 68.9 cm³/mol. The summed E-state index contributed by atoms with van der Waals surface area (Å²) < 4.78 is 15.0. The largest absolute Gasteiger partial charge is 0.352 e. The number of nitrogens with zero attached hydrogens (tertiary/aromatic N) is 3. The molecule has 0 unspecified atom stereocenters. The van der Waals surface area contributed by atoms with E-state index in [2.05, 4.69) is 12.0 Å². The third-order valence-electron chi connectivity index (χ3n) is 2.64. The van der Waals surface area contributed by atoms with Gasteiger partial charge in [0.2, 0.25) is 0 Å². The summed E-state index contributed by atoms with van der Waals surface area (Å²) in [6.07, 6.45) is 0. The van der Waals surface area contributed by atoms with Gasteiger partial charge in [0.25, 0.3) is 5.56 Å². The van der Waals surface area contributed by atoms with E-state index in [1.807, 2.05) is 0 Å². The van der Waals surface area contributed by atoms with Gasteiger partial charge in [-0.15, -0.1) is 0 Å². The fourth-order valence-electron chi connectivity index (χ4n) is 1.69. The van der Waals surface area contributed by atoms with Crippen molar-refractivity contribution in [3.8, 4) is 5.69 Å². The SMILES string of the molecule is [CH2]c1nn(C(C)C)c(=O)n(-c2ccc(F)cc2)c1=O. The lowest BCUT2D eigenvalue weighted by atomic mass is 10.3. The Morgan fingerprint density at radius 1 is 1.21 bits per heavy atom. The van der Waals surface area contributed by atoms with Crippen LogP contribution in [-0.4, -0.2) is 14.3 Å². The highest BCUT2D eigenvalue weighted by atomic mass is 19.1. The summed E-state index contributed by atoms with van der Waals surface area (Å²) >= 11 is 0. The molecule has 0 aliphatic rings. The molecule has 0 aliphatic heterocycles. The summed E-state index contributed by atoms with van der Waals surface area (Å²) in [5, 5.41) is 3.86. The van der Waals surface area contributed by atoms with Gasteiger partial charge in [0.05, 0.1) is 11.7 Å². The third kappa shape index (κ3) is 2.33. The smallest absolute Gasteiger partial charge is 0.267 e. The highest BCUT2D eigenvalue weighted by Gasteiger charge is 2.13. The Hall–Kier alpha value is -2.24. The summed E-state index contributed by atoms with van der Waals surface area (Å²) in [5.41, 5.74) is -0.914. The maximum atomic E-state index is 12.9. The van der Waals surface area contributed by atoms with E-state index in [1.165, 1.54) is 28.9 Å². The maximum Gasteiger partial charge on any atom is 0.352 e. The van der Waals surface area contributed by atoms with Gasteiger partial charge in [-0.05, 0) is 38.1 Å². The minimum Gasteiger partial charge on any atom is -0.267 e. The Kier molecular flexibility index (Phi) is 3.33. The van der Waals surface area contributed by atoms with Gasteiger partial charge in [0, 0.05) is 6.92 Å². The summed E-state index contributed by atoms with van der Waals surface area (Å²) in [7, 11) is 0. The van der Waals surface area contributed by atoms with Crippen LogP contribution in [0.1, 0.15) is 25.6 Å². The molecule has 0 spiro atoms. The number of rotatable bonds is 2. The number of aromatic nitrogens is 3. The molecule has 0 fully saturated rings. The average Bonchev–Trinajstić information content (AvgIpc) is 2.36. The lowest BCUT2D eigenvalue weighted by Gasteiger charge is -2.12. The fraction of sp³-hybridized carbons (Fsp3) is 0.231. The van der Waals surface area contributed by atoms with Crippen molar-refractivity contribution in [2.75, 3.05) is 0 Å². The van der Waals surface area contributed by atoms with Gasteiger partial charge in [-0.1, -0.05) is 0 Å². The third-order valence-corrected chi connectivity index (χ3v) is 2.64. The van der Waals surface area contributed by atoms with E-state index in [-0.39, 0.29) is 17.4 Å². The maximum absolute atomic E-state index is 12.9. The molecule has 1 radical (unpaired) electrons. The molecule has 1 heterocycles. The molecule has 2 aromatic rings. The van der Waals surface area contributed by atoms with Gasteiger partial charge in [-0.2, -0.15) is 5.10 Å². The summed E-state index contributed by atoms with van der Waals surface area (Å²) in [6, 6.07) is 4.89. The van der Waals surface area contributed by atoms with Crippen molar-refractivity contribution >= 4 is 0 Å². The van der Waals surface area contributed by atoms with Crippen molar-refractivity contribution in [3.63, 3.8) is 0 Å². The number of benzene rings is 1. The van der Waals surface area contributed by atoms with Gasteiger partial charge in [-0.25, -0.2) is 18.4 Å². The molecule has 6 heteroatoms. The first kappa shape index (κ1) is 13.2. The number of hydrogen-bond acceptors (Lipinski definition) is 3. The molecular weight excluding hydrogens is 249 g/mol. The van der Waals surface area contributed by atoms with Crippen LogP contribution >= 0.6 is 0 Å². The summed E-state index contributed by atoms with van der Waals surface area (Å²) in [5.74, 6) is -0.440. The van der Waals surface area contributed by atoms with E-state index in [1.54, 1.807) is 13.8 Å². The Balaban J connectivity index is 2.79. The molecule has 0 amide bonds. The quantitative estimate of drug-likeness (QED) is 0.819. The number of halogens is 1. The molecule has 0 saturated carbocycles. The number of hydrogen-bond donors (Lipinski definition) is 0. The van der Waals surface area contributed by atoms with Crippen LogP contribution in [0.15, 0.2) is 33.9 Å². The zero-order chi connectivity index (χ0) is 14.2. The summed E-state index contributed by atoms with van der Waals surface area (Å²) in [4.78, 5) is 24.2. The molecule has 0 bridgehead atoms. The van der Waals surface area contributed by atoms with E-state index >= 15 is 0 Å². The van der Waals surface area contributed by atoms with Crippen molar-refractivity contribution < 1.29 is 4.39 Å². The molecule has 2 rings (SSSR count). The van der Waals surface area contributed by atoms with Crippen LogP contribution in [0.25, 0.3) is 5.69 Å². The standard InChI is InChI=1S/C13H13FN3O2/c1-8(2)17-13(19)16(12(18)9(3)15-17)11-6-4-10(14)5-7-11/h4-8H,3H2,1-2H3. The van der Waals surface area contributed by atoms with Crippen LogP contribution in [0.2, 0.25) is 0 Å². The molecule has 0 atom stereocenters. The molecule has 0 N–H and O–H groups in total. The van der Waals surface area contributed by atoms with Crippen molar-refractivity contribution in [1.29, 1.82) is 0 Å². The topological polar surface area (TPSA) is 56.9 Å². The Morgan fingerprint density at radius 3 is 2.32 bits per heavy atom. The van der Waals surface area contributed by atoms with Crippen molar-refractivity contribution in [2.24, 2.45) is 0 Å². The van der Waals surface area contributed by atoms with Crippen molar-refractivity contribution in [3.05, 3.63) is 63.5 Å². The minimum atomic E-state index is -0.603. The van der Waals surface area contributed by atoms with E-state index < -0.39 is 17.1 Å². The lowest BCUT2D eigenvalue weighted by molar-refractivity contribution is 0.469. The molecule has 1 aromatic carbocycles. The second kappa shape index (κ2) is 4.79. The lowest BCUT2D eigenvalue weighted by Crippen LogP contribution is -2.42.